The molecule has 1 N–H and O–H groups in total. The van der Waals surface area contributed by atoms with Gasteiger partial charge in [-0.3, -0.25) is 14.7 Å². The average molecular weight is 337 g/mol. The van der Waals surface area contributed by atoms with Crippen molar-refractivity contribution < 1.29 is 9.53 Å². The summed E-state index contributed by atoms with van der Waals surface area (Å²) >= 11 is 0. The predicted octanol–water partition coefficient (Wildman–Crippen LogP) is 2.33. The highest BCUT2D eigenvalue weighted by atomic mass is 16.5. The fourth-order valence-electron chi connectivity index (χ4n) is 3.84. The summed E-state index contributed by atoms with van der Waals surface area (Å²) in [5.74, 6) is -0.0315. The summed E-state index contributed by atoms with van der Waals surface area (Å²) in [6.45, 7) is 4.35. The monoisotopic (exact) mass is 337 g/mol. The van der Waals surface area contributed by atoms with E-state index in [0.29, 0.717) is 11.6 Å². The molecule has 1 aromatic carbocycles. The number of pyridine rings is 1. The van der Waals surface area contributed by atoms with E-state index in [2.05, 4.69) is 27.3 Å². The number of ether oxygens (including phenoxy) is 1. The molecule has 0 spiro atoms. The molecule has 2 fully saturated rings. The number of fused-ring (bicyclic) bond motifs is 1. The molecule has 2 saturated heterocycles. The van der Waals surface area contributed by atoms with Crippen LogP contribution in [0.5, 0.6) is 0 Å². The molecule has 0 saturated carbocycles. The Labute approximate surface area is 148 Å². The number of amides is 1. The number of morpholine rings is 1. The summed E-state index contributed by atoms with van der Waals surface area (Å²) in [5.41, 5.74) is 2.65. The van der Waals surface area contributed by atoms with Gasteiger partial charge in [0.1, 0.15) is 0 Å². The molecule has 5 nitrogen and oxygen atoms in total. The highest BCUT2D eigenvalue weighted by molar-refractivity contribution is 5.95. The lowest BCUT2D eigenvalue weighted by Gasteiger charge is -2.35. The maximum atomic E-state index is 12.5. The van der Waals surface area contributed by atoms with Gasteiger partial charge in [0, 0.05) is 37.1 Å². The number of aryl methyl sites for hydroxylation is 1. The van der Waals surface area contributed by atoms with Crippen molar-refractivity contribution in [3.05, 3.63) is 65.5 Å². The molecule has 2 aromatic rings. The molecule has 2 aliphatic heterocycles. The van der Waals surface area contributed by atoms with Gasteiger partial charge in [0.25, 0.3) is 5.91 Å². The number of carbonyl (C=O) groups is 1. The zero-order valence-corrected chi connectivity index (χ0v) is 14.4. The van der Waals surface area contributed by atoms with E-state index < -0.39 is 0 Å². The van der Waals surface area contributed by atoms with Gasteiger partial charge in [-0.25, -0.2) is 0 Å². The van der Waals surface area contributed by atoms with Crippen molar-refractivity contribution in [2.75, 3.05) is 19.7 Å². The van der Waals surface area contributed by atoms with Gasteiger partial charge in [0.05, 0.1) is 18.3 Å². The molecule has 0 unspecified atom stereocenters. The Kier molecular flexibility index (Phi) is 4.51. The van der Waals surface area contributed by atoms with E-state index in [1.807, 2.05) is 31.2 Å². The van der Waals surface area contributed by atoms with Gasteiger partial charge in [0.2, 0.25) is 0 Å². The Bertz CT molecular complexity index is 750. The molecule has 3 atom stereocenters. The summed E-state index contributed by atoms with van der Waals surface area (Å²) in [7, 11) is 0. The fraction of sp³-hybridized carbons (Fsp3) is 0.400. The van der Waals surface area contributed by atoms with Crippen molar-refractivity contribution in [1.29, 1.82) is 0 Å². The lowest BCUT2D eigenvalue weighted by Crippen LogP contribution is -2.43. The normalized spacial score (nSPS) is 26.2. The minimum atomic E-state index is -0.0315. The van der Waals surface area contributed by atoms with Gasteiger partial charge in [-0.1, -0.05) is 30.3 Å². The molecule has 0 bridgehead atoms. The molecule has 0 radical (unpaired) electrons. The van der Waals surface area contributed by atoms with Crippen LogP contribution in [0, 0.1) is 6.92 Å². The number of hydrogen-bond donors (Lipinski definition) is 1. The predicted molar refractivity (Wildman–Crippen MR) is 95.3 cm³/mol. The molecule has 25 heavy (non-hydrogen) atoms. The van der Waals surface area contributed by atoms with Crippen molar-refractivity contribution in [3.63, 3.8) is 0 Å². The van der Waals surface area contributed by atoms with Crippen molar-refractivity contribution >= 4 is 5.91 Å². The van der Waals surface area contributed by atoms with Crippen molar-refractivity contribution in [2.24, 2.45) is 0 Å². The van der Waals surface area contributed by atoms with Crippen LogP contribution in [-0.2, 0) is 4.74 Å². The van der Waals surface area contributed by atoms with Crippen LogP contribution in [0.2, 0.25) is 0 Å². The summed E-state index contributed by atoms with van der Waals surface area (Å²) in [6, 6.07) is 14.5. The SMILES string of the molecule is Cc1ncccc1C(=O)N[C@H]1C[C@H]2CO[C@@H](c3ccccc3)CN2C1. The van der Waals surface area contributed by atoms with Gasteiger partial charge < -0.3 is 10.1 Å². The van der Waals surface area contributed by atoms with Crippen LogP contribution >= 0.6 is 0 Å². The van der Waals surface area contributed by atoms with Crippen LogP contribution in [0.1, 0.15) is 34.1 Å². The van der Waals surface area contributed by atoms with Gasteiger partial charge >= 0.3 is 0 Å². The number of nitrogens with one attached hydrogen (secondary N) is 1. The van der Waals surface area contributed by atoms with E-state index in [1.54, 1.807) is 12.3 Å². The number of aromatic nitrogens is 1. The standard InChI is InChI=1S/C20H23N3O2/c1-14-18(8-5-9-21-14)20(24)22-16-10-17-13-25-19(12-23(17)11-16)15-6-3-2-4-7-15/h2-9,16-17,19H,10-13H2,1H3,(H,22,24)/t16-,17-,19+/m0/s1. The zero-order chi connectivity index (χ0) is 17.2. The average Bonchev–Trinajstić information content (AvgIpc) is 3.04. The minimum Gasteiger partial charge on any atom is -0.371 e. The van der Waals surface area contributed by atoms with Gasteiger partial charge in [-0.05, 0) is 31.0 Å². The van der Waals surface area contributed by atoms with Crippen LogP contribution in [0.15, 0.2) is 48.7 Å². The van der Waals surface area contributed by atoms with E-state index >= 15 is 0 Å². The van der Waals surface area contributed by atoms with Crippen LogP contribution in [0.25, 0.3) is 0 Å². The van der Waals surface area contributed by atoms with Gasteiger partial charge in [-0.2, -0.15) is 0 Å². The van der Waals surface area contributed by atoms with Crippen LogP contribution in [0.4, 0.5) is 0 Å². The van der Waals surface area contributed by atoms with Crippen molar-refractivity contribution in [2.45, 2.75) is 31.5 Å². The molecular formula is C20H23N3O2. The zero-order valence-electron chi connectivity index (χ0n) is 14.4. The first-order chi connectivity index (χ1) is 12.2. The highest BCUT2D eigenvalue weighted by Gasteiger charge is 2.38. The molecule has 2 aliphatic rings. The molecule has 1 amide bonds. The maximum absolute atomic E-state index is 12.5. The first-order valence-corrected chi connectivity index (χ1v) is 8.84. The lowest BCUT2D eigenvalue weighted by atomic mass is 10.1. The summed E-state index contributed by atoms with van der Waals surface area (Å²) in [5, 5.41) is 3.17. The van der Waals surface area contributed by atoms with Crippen LogP contribution in [0.3, 0.4) is 0 Å². The van der Waals surface area contributed by atoms with Crippen LogP contribution < -0.4 is 5.32 Å². The molecule has 130 valence electrons. The Morgan fingerprint density at radius 1 is 1.20 bits per heavy atom. The second-order valence-corrected chi connectivity index (χ2v) is 6.88. The molecule has 1 aromatic heterocycles. The maximum Gasteiger partial charge on any atom is 0.253 e. The molecular weight excluding hydrogens is 314 g/mol. The lowest BCUT2D eigenvalue weighted by molar-refractivity contribution is -0.0502. The fourth-order valence-corrected chi connectivity index (χ4v) is 3.84. The van der Waals surface area contributed by atoms with E-state index in [9.17, 15) is 4.79 Å². The Balaban J connectivity index is 1.38. The molecule has 5 heteroatoms. The highest BCUT2D eigenvalue weighted by Crippen LogP contribution is 2.30. The first-order valence-electron chi connectivity index (χ1n) is 8.84. The molecule has 3 heterocycles. The van der Waals surface area contributed by atoms with E-state index in [4.69, 9.17) is 4.74 Å². The topological polar surface area (TPSA) is 54.5 Å². The second-order valence-electron chi connectivity index (χ2n) is 6.88. The number of benzene rings is 1. The number of rotatable bonds is 3. The Morgan fingerprint density at radius 3 is 2.84 bits per heavy atom. The Hall–Kier alpha value is -2.24. The first kappa shape index (κ1) is 16.2. The molecule has 0 aliphatic carbocycles. The number of carbonyl (C=O) groups excluding carboxylic acids is 1. The number of hydrogen-bond acceptors (Lipinski definition) is 4. The molecule has 4 rings (SSSR count). The number of nitrogens with zero attached hydrogens (tertiary/aromatic N) is 2. The summed E-state index contributed by atoms with van der Waals surface area (Å²) < 4.78 is 6.07. The van der Waals surface area contributed by atoms with Crippen molar-refractivity contribution in [3.8, 4) is 0 Å². The minimum absolute atomic E-state index is 0.0315. The summed E-state index contributed by atoms with van der Waals surface area (Å²) in [6.07, 6.45) is 2.77. The third-order valence-corrected chi connectivity index (χ3v) is 5.18. The quantitative estimate of drug-likeness (QED) is 0.934. The summed E-state index contributed by atoms with van der Waals surface area (Å²) in [4.78, 5) is 19.2. The smallest absolute Gasteiger partial charge is 0.253 e. The largest absolute Gasteiger partial charge is 0.371 e. The van der Waals surface area contributed by atoms with Crippen molar-refractivity contribution in [1.82, 2.24) is 15.2 Å². The second kappa shape index (κ2) is 6.94. The third-order valence-electron chi connectivity index (χ3n) is 5.18. The third kappa shape index (κ3) is 3.43. The van der Waals surface area contributed by atoms with E-state index in [1.165, 1.54) is 5.56 Å². The van der Waals surface area contributed by atoms with E-state index in [0.717, 1.165) is 31.8 Å². The van der Waals surface area contributed by atoms with E-state index in [-0.39, 0.29) is 18.1 Å². The van der Waals surface area contributed by atoms with Gasteiger partial charge in [0.15, 0.2) is 0 Å². The van der Waals surface area contributed by atoms with Gasteiger partial charge in [-0.15, -0.1) is 0 Å². The Morgan fingerprint density at radius 2 is 2.04 bits per heavy atom. The van der Waals surface area contributed by atoms with Crippen LogP contribution in [-0.4, -0.2) is 47.6 Å².